The summed E-state index contributed by atoms with van der Waals surface area (Å²) >= 11 is 0. The Labute approximate surface area is 111 Å². The van der Waals surface area contributed by atoms with Crippen molar-refractivity contribution in [2.24, 2.45) is 0 Å². The fourth-order valence-corrected chi connectivity index (χ4v) is 2.03. The molecule has 0 radical (unpaired) electrons. The molecule has 0 aliphatic carbocycles. The van der Waals surface area contributed by atoms with E-state index in [1.807, 2.05) is 14.1 Å². The second-order valence-electron chi connectivity index (χ2n) is 4.24. The van der Waals surface area contributed by atoms with Crippen molar-refractivity contribution < 1.29 is 13.2 Å². The zero-order valence-corrected chi connectivity index (χ0v) is 11.9. The molecule has 0 saturated heterocycles. The number of aromatic nitrogens is 3. The molecule has 0 unspecified atom stereocenters. The predicted molar refractivity (Wildman–Crippen MR) is 71.3 cm³/mol. The van der Waals surface area contributed by atoms with Crippen molar-refractivity contribution >= 4 is 26.7 Å². The number of anilines is 1. The summed E-state index contributed by atoms with van der Waals surface area (Å²) in [6.07, 6.45) is 2.46. The summed E-state index contributed by atoms with van der Waals surface area (Å²) in [5.41, 5.74) is 0.290. The van der Waals surface area contributed by atoms with Gasteiger partial charge < -0.3 is 9.64 Å². The highest BCUT2D eigenvalue weighted by atomic mass is 32.2. The molecule has 0 atom stereocenters. The van der Waals surface area contributed by atoms with E-state index in [1.165, 1.54) is 13.3 Å². The highest BCUT2D eigenvalue weighted by Gasteiger charge is 2.15. The van der Waals surface area contributed by atoms with Gasteiger partial charge in [-0.05, 0) is 0 Å². The average Bonchev–Trinajstić information content (AvgIpc) is 2.35. The number of nitrogens with zero attached hydrogens (tertiary/aromatic N) is 4. The highest BCUT2D eigenvalue weighted by molar-refractivity contribution is 7.90. The van der Waals surface area contributed by atoms with Crippen LogP contribution in [0.5, 0.6) is 5.75 Å². The second-order valence-corrected chi connectivity index (χ2v) is 6.15. The highest BCUT2D eigenvalue weighted by Crippen LogP contribution is 2.27. The molecular formula is C11H14N4O3S. The fraction of sp³-hybridized carbons (Fsp3) is 0.364. The van der Waals surface area contributed by atoms with E-state index in [1.54, 1.807) is 11.0 Å². The molecule has 0 aliphatic heterocycles. The summed E-state index contributed by atoms with van der Waals surface area (Å²) in [6, 6.07) is 1.74. The maximum atomic E-state index is 11.5. The van der Waals surface area contributed by atoms with Crippen molar-refractivity contribution in [2.75, 3.05) is 32.4 Å². The minimum absolute atomic E-state index is 0.245. The summed E-state index contributed by atoms with van der Waals surface area (Å²) in [5, 5.41) is 0.325. The van der Waals surface area contributed by atoms with Crippen LogP contribution in [0.4, 0.5) is 5.82 Å². The van der Waals surface area contributed by atoms with Crippen LogP contribution in [-0.4, -0.2) is 50.8 Å². The van der Waals surface area contributed by atoms with E-state index >= 15 is 0 Å². The molecule has 0 amide bonds. The molecule has 19 heavy (non-hydrogen) atoms. The summed E-state index contributed by atoms with van der Waals surface area (Å²) in [7, 11) is 1.71. The van der Waals surface area contributed by atoms with Gasteiger partial charge >= 0.3 is 0 Å². The van der Waals surface area contributed by atoms with Crippen molar-refractivity contribution in [3.8, 4) is 5.75 Å². The molecule has 0 fully saturated rings. The van der Waals surface area contributed by atoms with Crippen LogP contribution < -0.4 is 9.64 Å². The number of fused-ring (bicyclic) bond motifs is 1. The quantitative estimate of drug-likeness (QED) is 0.758. The first-order valence-electron chi connectivity index (χ1n) is 5.42. The van der Waals surface area contributed by atoms with Gasteiger partial charge in [0.15, 0.2) is 5.65 Å². The Balaban J connectivity index is 2.77. The van der Waals surface area contributed by atoms with Crippen molar-refractivity contribution in [3.05, 3.63) is 12.3 Å². The lowest BCUT2D eigenvalue weighted by Crippen LogP contribution is -2.12. The maximum Gasteiger partial charge on any atom is 0.248 e. The second kappa shape index (κ2) is 4.61. The first-order valence-corrected chi connectivity index (χ1v) is 7.31. The monoisotopic (exact) mass is 282 g/mol. The van der Waals surface area contributed by atoms with Crippen LogP contribution in [0.3, 0.4) is 0 Å². The number of sulfone groups is 1. The minimum Gasteiger partial charge on any atom is -0.496 e. The molecule has 0 saturated carbocycles. The van der Waals surface area contributed by atoms with Crippen LogP contribution in [0.15, 0.2) is 17.4 Å². The molecular weight excluding hydrogens is 268 g/mol. The Morgan fingerprint density at radius 3 is 2.47 bits per heavy atom. The van der Waals surface area contributed by atoms with Crippen LogP contribution in [0, 0.1) is 0 Å². The van der Waals surface area contributed by atoms with Gasteiger partial charge in [-0.1, -0.05) is 0 Å². The van der Waals surface area contributed by atoms with Gasteiger partial charge in [0.2, 0.25) is 15.0 Å². The first kappa shape index (κ1) is 13.5. The number of methoxy groups -OCH3 is 1. The van der Waals surface area contributed by atoms with Crippen LogP contribution in [0.2, 0.25) is 0 Å². The maximum absolute atomic E-state index is 11.5. The number of ether oxygens (including phenoxy) is 1. The third kappa shape index (κ3) is 2.58. The first-order chi connectivity index (χ1) is 8.82. The van der Waals surface area contributed by atoms with Gasteiger partial charge in [-0.2, -0.15) is 4.98 Å². The molecule has 0 N–H and O–H groups in total. The van der Waals surface area contributed by atoms with Crippen molar-refractivity contribution in [1.29, 1.82) is 0 Å². The van der Waals surface area contributed by atoms with Crippen molar-refractivity contribution in [3.63, 3.8) is 0 Å². The predicted octanol–water partition coefficient (Wildman–Crippen LogP) is 0.503. The fourth-order valence-electron chi connectivity index (χ4n) is 1.53. The number of hydrogen-bond acceptors (Lipinski definition) is 7. The standard InChI is InChI=1S/C11H14N4O3S/c1-15(2)9-5-8(18-3)7-6-12-11(19(4,16)17)14-10(7)13-9/h5-6H,1-4H3. The minimum atomic E-state index is -3.46. The average molecular weight is 282 g/mol. The third-order valence-electron chi connectivity index (χ3n) is 2.50. The smallest absolute Gasteiger partial charge is 0.248 e. The third-order valence-corrected chi connectivity index (χ3v) is 3.36. The summed E-state index contributed by atoms with van der Waals surface area (Å²) in [4.78, 5) is 13.9. The van der Waals surface area contributed by atoms with Crippen LogP contribution >= 0.6 is 0 Å². The molecule has 0 spiro atoms. The van der Waals surface area contributed by atoms with Crippen LogP contribution in [0.1, 0.15) is 0 Å². The SMILES string of the molecule is COc1cc(N(C)C)nc2nc(S(C)(=O)=O)ncc12. The van der Waals surface area contributed by atoms with Gasteiger partial charge in [0.25, 0.3) is 0 Å². The van der Waals surface area contributed by atoms with Gasteiger partial charge in [0.1, 0.15) is 11.6 Å². The van der Waals surface area contributed by atoms with Gasteiger partial charge in [-0.25, -0.2) is 18.4 Å². The lowest BCUT2D eigenvalue weighted by atomic mass is 10.3. The van der Waals surface area contributed by atoms with Crippen molar-refractivity contribution in [1.82, 2.24) is 15.0 Å². The zero-order valence-electron chi connectivity index (χ0n) is 11.1. The lowest BCUT2D eigenvalue weighted by Gasteiger charge is -2.13. The van der Waals surface area contributed by atoms with E-state index < -0.39 is 9.84 Å². The summed E-state index contributed by atoms with van der Waals surface area (Å²) in [6.45, 7) is 0. The largest absolute Gasteiger partial charge is 0.496 e. The molecule has 2 aromatic heterocycles. The Kier molecular flexibility index (Phi) is 3.27. The van der Waals surface area contributed by atoms with Gasteiger partial charge in [-0.15, -0.1) is 0 Å². The van der Waals surface area contributed by atoms with Crippen molar-refractivity contribution in [2.45, 2.75) is 5.16 Å². The molecule has 0 bridgehead atoms. The molecule has 0 aromatic carbocycles. The van der Waals surface area contributed by atoms with E-state index in [-0.39, 0.29) is 5.16 Å². The topological polar surface area (TPSA) is 85.3 Å². The van der Waals surface area contributed by atoms with Gasteiger partial charge in [-0.3, -0.25) is 0 Å². The van der Waals surface area contributed by atoms with E-state index in [0.29, 0.717) is 22.6 Å². The Bertz CT molecular complexity index is 728. The molecule has 0 aliphatic rings. The normalized spacial score (nSPS) is 11.6. The molecule has 7 nitrogen and oxygen atoms in total. The molecule has 102 valence electrons. The van der Waals surface area contributed by atoms with Gasteiger partial charge in [0.05, 0.1) is 12.5 Å². The molecule has 2 heterocycles. The van der Waals surface area contributed by atoms with E-state index in [9.17, 15) is 8.42 Å². The summed E-state index contributed by atoms with van der Waals surface area (Å²) in [5.74, 6) is 1.18. The zero-order chi connectivity index (χ0) is 14.2. The van der Waals surface area contributed by atoms with Crippen LogP contribution in [-0.2, 0) is 9.84 Å². The van der Waals surface area contributed by atoms with Gasteiger partial charge in [0, 0.05) is 32.6 Å². The Hall–Kier alpha value is -1.96. The molecule has 2 aromatic rings. The van der Waals surface area contributed by atoms with E-state index in [0.717, 1.165) is 6.26 Å². The molecule has 8 heteroatoms. The summed E-state index contributed by atoms with van der Waals surface area (Å²) < 4.78 is 28.2. The Morgan fingerprint density at radius 2 is 1.95 bits per heavy atom. The number of hydrogen-bond donors (Lipinski definition) is 0. The van der Waals surface area contributed by atoms with Crippen LogP contribution in [0.25, 0.3) is 11.0 Å². The molecule has 2 rings (SSSR count). The lowest BCUT2D eigenvalue weighted by molar-refractivity contribution is 0.419. The van der Waals surface area contributed by atoms with E-state index in [4.69, 9.17) is 4.74 Å². The Morgan fingerprint density at radius 1 is 1.26 bits per heavy atom. The van der Waals surface area contributed by atoms with E-state index in [2.05, 4.69) is 15.0 Å². The number of pyridine rings is 1. The number of rotatable bonds is 3.